The molecule has 164 valence electrons. The third-order valence-corrected chi connectivity index (χ3v) is 5.00. The van der Waals surface area contributed by atoms with Gasteiger partial charge in [-0.05, 0) is 12.1 Å². The number of hydrogen-bond acceptors (Lipinski definition) is 8. The summed E-state index contributed by atoms with van der Waals surface area (Å²) in [5, 5.41) is 15.5. The van der Waals surface area contributed by atoms with Gasteiger partial charge in [-0.15, -0.1) is 0 Å². The molecule has 2 amide bonds. The molecule has 1 aromatic heterocycles. The minimum Gasteiger partial charge on any atom is -0.497 e. The van der Waals surface area contributed by atoms with Gasteiger partial charge in [0.2, 0.25) is 11.8 Å². The average Bonchev–Trinajstić information content (AvgIpc) is 3.13. The molecule has 1 aromatic carbocycles. The predicted molar refractivity (Wildman–Crippen MR) is 112 cm³/mol. The van der Waals surface area contributed by atoms with E-state index < -0.39 is 0 Å². The molecule has 2 rings (SSSR count). The van der Waals surface area contributed by atoms with Gasteiger partial charge in [0.25, 0.3) is 0 Å². The Bertz CT molecular complexity index is 858. The minimum absolute atomic E-state index is 0.0206. The number of benzene rings is 1. The van der Waals surface area contributed by atoms with Gasteiger partial charge in [-0.1, -0.05) is 11.8 Å². The van der Waals surface area contributed by atoms with Gasteiger partial charge in [-0.3, -0.25) is 9.59 Å². The van der Waals surface area contributed by atoms with Crippen LogP contribution in [0.5, 0.6) is 11.5 Å². The first-order valence-electron chi connectivity index (χ1n) is 9.08. The molecule has 0 spiro atoms. The van der Waals surface area contributed by atoms with Gasteiger partial charge in [0.1, 0.15) is 18.0 Å². The molecule has 0 aliphatic rings. The molecular formula is C19H26N4O6S. The van der Waals surface area contributed by atoms with Gasteiger partial charge in [0.15, 0.2) is 5.16 Å². The second kappa shape index (κ2) is 12.1. The average molecular weight is 439 g/mol. The number of hydrogen-bond donors (Lipinski definition) is 3. The number of aliphatic hydroxyl groups is 1. The summed E-state index contributed by atoms with van der Waals surface area (Å²) in [7, 11) is 4.59. The predicted octanol–water partition coefficient (Wildman–Crippen LogP) is 0.886. The maximum Gasteiger partial charge on any atom is 0.240 e. The summed E-state index contributed by atoms with van der Waals surface area (Å²) in [6.45, 7) is 0.489. The SMILES string of the molecule is COCCNC(=O)Cn1c(CO)cnc1SCC(=O)Nc1cc(OC)ccc1OC. The number of nitrogens with one attached hydrogen (secondary N) is 2. The fourth-order valence-electron chi connectivity index (χ4n) is 2.52. The zero-order valence-corrected chi connectivity index (χ0v) is 18.0. The maximum absolute atomic E-state index is 12.4. The van der Waals surface area contributed by atoms with E-state index in [1.54, 1.807) is 29.9 Å². The molecule has 0 atom stereocenters. The standard InChI is InChI=1S/C19H26N4O6S/c1-27-7-6-20-17(25)10-23-13(11-24)9-21-19(23)30-12-18(26)22-15-8-14(28-2)4-5-16(15)29-3/h4-5,8-9,24H,6-7,10-12H2,1-3H3,(H,20,25)(H,22,26). The van der Waals surface area contributed by atoms with Crippen LogP contribution in [-0.4, -0.2) is 66.7 Å². The second-order valence-corrected chi connectivity index (χ2v) is 6.96. The van der Waals surface area contributed by atoms with E-state index in [-0.39, 0.29) is 30.7 Å². The molecule has 1 heterocycles. The molecule has 0 fully saturated rings. The molecule has 0 bridgehead atoms. The van der Waals surface area contributed by atoms with Crippen LogP contribution in [0.4, 0.5) is 5.69 Å². The molecular weight excluding hydrogens is 412 g/mol. The number of nitrogens with zero attached hydrogens (tertiary/aromatic N) is 2. The number of thioether (sulfide) groups is 1. The highest BCUT2D eigenvalue weighted by Crippen LogP contribution is 2.29. The molecule has 10 nitrogen and oxygen atoms in total. The third-order valence-electron chi connectivity index (χ3n) is 4.01. The summed E-state index contributed by atoms with van der Waals surface area (Å²) >= 11 is 1.16. The van der Waals surface area contributed by atoms with Crippen molar-refractivity contribution in [1.29, 1.82) is 0 Å². The number of carbonyl (C=O) groups excluding carboxylic acids is 2. The molecule has 0 saturated heterocycles. The lowest BCUT2D eigenvalue weighted by Crippen LogP contribution is -2.31. The molecule has 0 aliphatic heterocycles. The van der Waals surface area contributed by atoms with E-state index in [2.05, 4.69) is 15.6 Å². The summed E-state index contributed by atoms with van der Waals surface area (Å²) in [5.74, 6) is 0.615. The number of imidazole rings is 1. The van der Waals surface area contributed by atoms with Gasteiger partial charge in [0.05, 0.1) is 50.8 Å². The first-order valence-corrected chi connectivity index (χ1v) is 10.1. The Hall–Kier alpha value is -2.76. The van der Waals surface area contributed by atoms with Gasteiger partial charge < -0.3 is 34.5 Å². The highest BCUT2D eigenvalue weighted by Gasteiger charge is 2.16. The maximum atomic E-state index is 12.4. The summed E-state index contributed by atoms with van der Waals surface area (Å²) < 4.78 is 16.9. The lowest BCUT2D eigenvalue weighted by Gasteiger charge is -2.12. The van der Waals surface area contributed by atoms with Crippen LogP contribution in [0.2, 0.25) is 0 Å². The quantitative estimate of drug-likeness (QED) is 0.330. The number of methoxy groups -OCH3 is 3. The van der Waals surface area contributed by atoms with E-state index >= 15 is 0 Å². The molecule has 3 N–H and O–H groups in total. The van der Waals surface area contributed by atoms with E-state index in [9.17, 15) is 14.7 Å². The van der Waals surface area contributed by atoms with Crippen LogP contribution in [0.3, 0.4) is 0 Å². The van der Waals surface area contributed by atoms with Crippen molar-refractivity contribution in [2.45, 2.75) is 18.3 Å². The number of carbonyl (C=O) groups is 2. The summed E-state index contributed by atoms with van der Waals surface area (Å²) in [6, 6.07) is 5.09. The van der Waals surface area contributed by atoms with Crippen molar-refractivity contribution in [3.8, 4) is 11.5 Å². The Morgan fingerprint density at radius 3 is 2.67 bits per heavy atom. The van der Waals surface area contributed by atoms with Crippen molar-refractivity contribution in [3.63, 3.8) is 0 Å². The smallest absolute Gasteiger partial charge is 0.240 e. The van der Waals surface area contributed by atoms with Crippen LogP contribution < -0.4 is 20.1 Å². The number of amides is 2. The Balaban J connectivity index is 2.01. The summed E-state index contributed by atoms with van der Waals surface area (Å²) in [5.41, 5.74) is 0.966. The number of anilines is 1. The number of aliphatic hydroxyl groups excluding tert-OH is 1. The van der Waals surface area contributed by atoms with E-state index in [0.717, 1.165) is 11.8 Å². The molecule has 30 heavy (non-hydrogen) atoms. The second-order valence-electron chi connectivity index (χ2n) is 6.02. The van der Waals surface area contributed by atoms with E-state index in [0.29, 0.717) is 41.2 Å². The van der Waals surface area contributed by atoms with Crippen LogP contribution in [-0.2, 0) is 27.5 Å². The third kappa shape index (κ3) is 6.65. The Morgan fingerprint density at radius 1 is 1.20 bits per heavy atom. The van der Waals surface area contributed by atoms with Crippen molar-refractivity contribution >= 4 is 29.3 Å². The molecule has 2 aromatic rings. The molecule has 0 radical (unpaired) electrons. The topological polar surface area (TPSA) is 124 Å². The zero-order valence-electron chi connectivity index (χ0n) is 17.1. The van der Waals surface area contributed by atoms with Crippen molar-refractivity contribution in [1.82, 2.24) is 14.9 Å². The molecule has 0 saturated carbocycles. The normalized spacial score (nSPS) is 10.5. The minimum atomic E-state index is -0.281. The van der Waals surface area contributed by atoms with Crippen LogP contribution in [0.1, 0.15) is 5.69 Å². The lowest BCUT2D eigenvalue weighted by molar-refractivity contribution is -0.122. The highest BCUT2D eigenvalue weighted by molar-refractivity contribution is 7.99. The highest BCUT2D eigenvalue weighted by atomic mass is 32.2. The Morgan fingerprint density at radius 2 is 2.00 bits per heavy atom. The summed E-state index contributed by atoms with van der Waals surface area (Å²) in [6.07, 6.45) is 1.48. The van der Waals surface area contributed by atoms with Crippen LogP contribution >= 0.6 is 11.8 Å². The van der Waals surface area contributed by atoms with Crippen LogP contribution in [0, 0.1) is 0 Å². The van der Waals surface area contributed by atoms with Crippen LogP contribution in [0.15, 0.2) is 29.6 Å². The lowest BCUT2D eigenvalue weighted by atomic mass is 10.2. The number of aromatic nitrogens is 2. The van der Waals surface area contributed by atoms with E-state index in [1.165, 1.54) is 20.4 Å². The van der Waals surface area contributed by atoms with Crippen molar-refractivity contribution in [3.05, 3.63) is 30.1 Å². The van der Waals surface area contributed by atoms with Gasteiger partial charge >= 0.3 is 0 Å². The van der Waals surface area contributed by atoms with Gasteiger partial charge in [0, 0.05) is 19.7 Å². The van der Waals surface area contributed by atoms with Crippen molar-refractivity contribution in [2.24, 2.45) is 0 Å². The zero-order chi connectivity index (χ0) is 21.9. The monoisotopic (exact) mass is 438 g/mol. The first kappa shape index (κ1) is 23.5. The number of ether oxygens (including phenoxy) is 3. The molecule has 11 heteroatoms. The largest absolute Gasteiger partial charge is 0.497 e. The van der Waals surface area contributed by atoms with Crippen molar-refractivity contribution < 1.29 is 28.9 Å². The fraction of sp³-hybridized carbons (Fsp3) is 0.421. The van der Waals surface area contributed by atoms with Crippen LogP contribution in [0.25, 0.3) is 0 Å². The summed E-state index contributed by atoms with van der Waals surface area (Å²) in [4.78, 5) is 28.7. The molecule has 0 aliphatic carbocycles. The van der Waals surface area contributed by atoms with Gasteiger partial charge in [-0.25, -0.2) is 4.98 Å². The van der Waals surface area contributed by atoms with Gasteiger partial charge in [-0.2, -0.15) is 0 Å². The number of rotatable bonds is 12. The Labute approximate surface area is 178 Å². The Kier molecular flexibility index (Phi) is 9.45. The van der Waals surface area contributed by atoms with Crippen molar-refractivity contribution in [2.75, 3.05) is 45.6 Å². The van der Waals surface area contributed by atoms with E-state index in [1.807, 2.05) is 0 Å². The first-order chi connectivity index (χ1) is 14.5. The van der Waals surface area contributed by atoms with E-state index in [4.69, 9.17) is 14.2 Å². The molecule has 0 unspecified atom stereocenters. The fourth-order valence-corrected chi connectivity index (χ4v) is 3.32.